The fraction of sp³-hybridized carbons (Fsp3) is 0.118. The first-order valence-corrected chi connectivity index (χ1v) is 7.03. The zero-order valence-corrected chi connectivity index (χ0v) is 12.5. The van der Waals surface area contributed by atoms with E-state index in [9.17, 15) is 22.4 Å². The minimum Gasteiger partial charge on any atom is -0.350 e. The molecule has 1 aromatic heterocycles. The minimum atomic E-state index is -4.58. The van der Waals surface area contributed by atoms with Crippen LogP contribution in [-0.4, -0.2) is 10.9 Å². The number of nitrogens with one attached hydrogen (secondary N) is 2. The molecule has 0 spiro atoms. The normalized spacial score (nSPS) is 11.7. The molecule has 2 aromatic carbocycles. The molecule has 2 N–H and O–H groups in total. The van der Waals surface area contributed by atoms with E-state index in [2.05, 4.69) is 10.3 Å². The highest BCUT2D eigenvalue weighted by atomic mass is 19.4. The maximum absolute atomic E-state index is 13.3. The molecule has 3 nitrogen and oxygen atoms in total. The fourth-order valence-electron chi connectivity index (χ4n) is 2.56. The van der Waals surface area contributed by atoms with E-state index in [-0.39, 0.29) is 11.4 Å². The van der Waals surface area contributed by atoms with E-state index in [1.54, 1.807) is 6.92 Å². The van der Waals surface area contributed by atoms with Crippen molar-refractivity contribution in [3.63, 3.8) is 0 Å². The van der Waals surface area contributed by atoms with Crippen LogP contribution in [-0.2, 0) is 6.18 Å². The van der Waals surface area contributed by atoms with Crippen LogP contribution in [0.5, 0.6) is 0 Å². The molecule has 0 saturated heterocycles. The largest absolute Gasteiger partial charge is 0.418 e. The summed E-state index contributed by atoms with van der Waals surface area (Å²) < 4.78 is 52.2. The molecule has 0 unspecified atom stereocenters. The van der Waals surface area contributed by atoms with Gasteiger partial charge in [-0.2, -0.15) is 13.2 Å². The Morgan fingerprint density at radius 3 is 2.54 bits per heavy atom. The van der Waals surface area contributed by atoms with Crippen molar-refractivity contribution >= 4 is 22.5 Å². The number of carbonyl (C=O) groups is 1. The third-order valence-corrected chi connectivity index (χ3v) is 3.73. The molecule has 0 radical (unpaired) electrons. The standard InChI is InChI=1S/C17H12F4N2O/c1-9-11-7-6-10(18)8-14(11)22-15(9)16(24)23-13-5-3-2-4-12(13)17(19,20)21/h2-8,22H,1H3,(H,23,24). The summed E-state index contributed by atoms with van der Waals surface area (Å²) in [7, 11) is 0. The molecule has 3 aromatic rings. The Kier molecular flexibility index (Phi) is 3.79. The second kappa shape index (κ2) is 5.67. The zero-order valence-electron chi connectivity index (χ0n) is 12.5. The Labute approximate surface area is 134 Å². The lowest BCUT2D eigenvalue weighted by Crippen LogP contribution is -2.17. The molecule has 0 aliphatic carbocycles. The molecular formula is C17H12F4N2O. The van der Waals surface area contributed by atoms with Gasteiger partial charge in [-0.05, 0) is 42.8 Å². The van der Waals surface area contributed by atoms with E-state index in [4.69, 9.17) is 0 Å². The van der Waals surface area contributed by atoms with E-state index in [1.165, 1.54) is 36.4 Å². The smallest absolute Gasteiger partial charge is 0.350 e. The first kappa shape index (κ1) is 16.0. The minimum absolute atomic E-state index is 0.0903. The van der Waals surface area contributed by atoms with Gasteiger partial charge in [-0.25, -0.2) is 4.39 Å². The number of fused-ring (bicyclic) bond motifs is 1. The van der Waals surface area contributed by atoms with E-state index in [0.29, 0.717) is 16.5 Å². The number of halogens is 4. The van der Waals surface area contributed by atoms with E-state index < -0.39 is 23.5 Å². The summed E-state index contributed by atoms with van der Waals surface area (Å²) in [5.41, 5.74) is -0.237. The Morgan fingerprint density at radius 2 is 1.83 bits per heavy atom. The lowest BCUT2D eigenvalue weighted by atomic mass is 10.1. The van der Waals surface area contributed by atoms with Gasteiger partial charge in [0.15, 0.2) is 0 Å². The topological polar surface area (TPSA) is 44.9 Å². The molecule has 1 amide bonds. The maximum Gasteiger partial charge on any atom is 0.418 e. The van der Waals surface area contributed by atoms with Crippen LogP contribution in [0.15, 0.2) is 42.5 Å². The van der Waals surface area contributed by atoms with Crippen molar-refractivity contribution in [1.29, 1.82) is 0 Å². The highest BCUT2D eigenvalue weighted by molar-refractivity contribution is 6.08. The molecule has 0 saturated carbocycles. The van der Waals surface area contributed by atoms with E-state index in [0.717, 1.165) is 6.07 Å². The lowest BCUT2D eigenvalue weighted by molar-refractivity contribution is -0.136. The SMILES string of the molecule is Cc1c(C(=O)Nc2ccccc2C(F)(F)F)[nH]c2cc(F)ccc12. The van der Waals surface area contributed by atoms with Crippen molar-refractivity contribution < 1.29 is 22.4 Å². The highest BCUT2D eigenvalue weighted by Crippen LogP contribution is 2.35. The number of aryl methyl sites for hydroxylation is 1. The summed E-state index contributed by atoms with van der Waals surface area (Å²) >= 11 is 0. The molecule has 124 valence electrons. The van der Waals surface area contributed by atoms with Crippen LogP contribution in [0.25, 0.3) is 10.9 Å². The van der Waals surface area contributed by atoms with Crippen LogP contribution in [0.2, 0.25) is 0 Å². The van der Waals surface area contributed by atoms with Gasteiger partial charge in [0.05, 0.1) is 11.3 Å². The average molecular weight is 336 g/mol. The third-order valence-electron chi connectivity index (χ3n) is 3.73. The molecule has 0 aliphatic heterocycles. The molecular weight excluding hydrogens is 324 g/mol. The molecule has 0 fully saturated rings. The van der Waals surface area contributed by atoms with Crippen molar-refractivity contribution in [2.75, 3.05) is 5.32 Å². The Balaban J connectivity index is 1.98. The maximum atomic E-state index is 13.3. The third kappa shape index (κ3) is 2.84. The van der Waals surface area contributed by atoms with Gasteiger partial charge in [0, 0.05) is 10.9 Å². The van der Waals surface area contributed by atoms with E-state index >= 15 is 0 Å². The summed E-state index contributed by atoms with van der Waals surface area (Å²) in [4.78, 5) is 15.1. The van der Waals surface area contributed by atoms with E-state index in [1.807, 2.05) is 0 Å². The number of H-pyrrole nitrogens is 1. The summed E-state index contributed by atoms with van der Waals surface area (Å²) in [6, 6.07) is 8.71. The summed E-state index contributed by atoms with van der Waals surface area (Å²) in [5, 5.41) is 2.90. The molecule has 1 heterocycles. The van der Waals surface area contributed by atoms with Gasteiger partial charge in [-0.1, -0.05) is 12.1 Å². The monoisotopic (exact) mass is 336 g/mol. The van der Waals surface area contributed by atoms with Gasteiger partial charge in [-0.15, -0.1) is 0 Å². The Bertz CT molecular complexity index is 928. The zero-order chi connectivity index (χ0) is 17.5. The number of benzene rings is 2. The van der Waals surface area contributed by atoms with Crippen molar-refractivity contribution in [2.45, 2.75) is 13.1 Å². The molecule has 0 aliphatic rings. The second-order valence-electron chi connectivity index (χ2n) is 5.31. The van der Waals surface area contributed by atoms with Gasteiger partial charge in [0.25, 0.3) is 5.91 Å². The predicted octanol–water partition coefficient (Wildman–Crippen LogP) is 4.89. The molecule has 0 atom stereocenters. The number of hydrogen-bond acceptors (Lipinski definition) is 1. The average Bonchev–Trinajstić information content (AvgIpc) is 2.83. The second-order valence-corrected chi connectivity index (χ2v) is 5.31. The van der Waals surface area contributed by atoms with Crippen LogP contribution >= 0.6 is 0 Å². The van der Waals surface area contributed by atoms with Crippen LogP contribution in [0, 0.1) is 12.7 Å². The summed E-state index contributed by atoms with van der Waals surface area (Å²) in [6.45, 7) is 1.64. The number of carbonyl (C=O) groups excluding carboxylic acids is 1. The van der Waals surface area contributed by atoms with Gasteiger partial charge >= 0.3 is 6.18 Å². The fourth-order valence-corrected chi connectivity index (χ4v) is 2.56. The number of hydrogen-bond donors (Lipinski definition) is 2. The number of anilines is 1. The number of para-hydroxylation sites is 1. The molecule has 7 heteroatoms. The number of aromatic amines is 1. The molecule has 24 heavy (non-hydrogen) atoms. The summed E-state index contributed by atoms with van der Waals surface area (Å²) in [6.07, 6.45) is -4.58. The Morgan fingerprint density at radius 1 is 1.12 bits per heavy atom. The highest BCUT2D eigenvalue weighted by Gasteiger charge is 2.33. The number of amides is 1. The van der Waals surface area contributed by atoms with Crippen molar-refractivity contribution in [3.8, 4) is 0 Å². The van der Waals surface area contributed by atoms with Gasteiger partial charge in [0.2, 0.25) is 0 Å². The van der Waals surface area contributed by atoms with Crippen LogP contribution in [0.3, 0.4) is 0 Å². The van der Waals surface area contributed by atoms with Crippen molar-refractivity contribution in [1.82, 2.24) is 4.98 Å². The molecule has 3 rings (SSSR count). The quantitative estimate of drug-likeness (QED) is 0.643. The molecule has 0 bridgehead atoms. The van der Waals surface area contributed by atoms with Crippen LogP contribution in [0.1, 0.15) is 21.6 Å². The predicted molar refractivity (Wildman–Crippen MR) is 82.4 cm³/mol. The lowest BCUT2D eigenvalue weighted by Gasteiger charge is -2.13. The number of rotatable bonds is 2. The van der Waals surface area contributed by atoms with Crippen LogP contribution < -0.4 is 5.32 Å². The number of aromatic nitrogens is 1. The van der Waals surface area contributed by atoms with Gasteiger partial charge in [0.1, 0.15) is 11.5 Å². The van der Waals surface area contributed by atoms with Crippen molar-refractivity contribution in [3.05, 3.63) is 65.1 Å². The summed E-state index contributed by atoms with van der Waals surface area (Å²) in [5.74, 6) is -1.20. The van der Waals surface area contributed by atoms with Gasteiger partial charge in [-0.3, -0.25) is 4.79 Å². The van der Waals surface area contributed by atoms with Crippen LogP contribution in [0.4, 0.5) is 23.2 Å². The van der Waals surface area contributed by atoms with Gasteiger partial charge < -0.3 is 10.3 Å². The van der Waals surface area contributed by atoms with Crippen molar-refractivity contribution in [2.24, 2.45) is 0 Å². The first-order valence-electron chi connectivity index (χ1n) is 7.03. The first-order chi connectivity index (χ1) is 11.3. The number of alkyl halides is 3. The Hall–Kier alpha value is -2.83.